The maximum atomic E-state index is 6.37. The summed E-state index contributed by atoms with van der Waals surface area (Å²) in [5, 5.41) is 5.19. The molecule has 2 saturated heterocycles. The van der Waals surface area contributed by atoms with E-state index in [1.165, 1.54) is 25.7 Å². The van der Waals surface area contributed by atoms with E-state index in [4.69, 9.17) is 23.2 Å². The molecule has 104 valence electrons. The maximum Gasteiger partial charge on any atom is 0.0640 e. The highest BCUT2D eigenvalue weighted by molar-refractivity contribution is 6.35. The Balaban J connectivity index is 1.85. The lowest BCUT2D eigenvalue weighted by molar-refractivity contribution is 0.361. The molecular weight excluding hydrogens is 279 g/mol. The second-order valence-electron chi connectivity index (χ2n) is 5.61. The van der Waals surface area contributed by atoms with Crippen molar-refractivity contribution in [2.24, 2.45) is 0 Å². The van der Waals surface area contributed by atoms with E-state index >= 15 is 0 Å². The fraction of sp³-hybridized carbons (Fsp3) is 0.600. The minimum absolute atomic E-state index is 0.610. The molecule has 1 aromatic carbocycles. The Hall–Kier alpha value is -0.440. The molecule has 2 aliphatic rings. The number of piperidine rings is 1. The Labute approximate surface area is 125 Å². The van der Waals surface area contributed by atoms with Crippen LogP contribution in [-0.4, -0.2) is 24.7 Å². The third-order valence-electron chi connectivity index (χ3n) is 4.41. The van der Waals surface area contributed by atoms with E-state index in [1.54, 1.807) is 0 Å². The quantitative estimate of drug-likeness (QED) is 0.904. The average molecular weight is 299 g/mol. The van der Waals surface area contributed by atoms with Crippen molar-refractivity contribution in [1.29, 1.82) is 0 Å². The molecule has 4 heteroatoms. The van der Waals surface area contributed by atoms with Gasteiger partial charge in [-0.05, 0) is 50.4 Å². The number of rotatable bonds is 3. The van der Waals surface area contributed by atoms with Gasteiger partial charge in [-0.1, -0.05) is 30.1 Å². The monoisotopic (exact) mass is 298 g/mol. The van der Waals surface area contributed by atoms with Crippen molar-refractivity contribution >= 4 is 28.9 Å². The molecular formula is C15H20Cl2N2. The molecule has 0 amide bonds. The highest BCUT2D eigenvalue weighted by Gasteiger charge is 2.41. The minimum Gasteiger partial charge on any atom is -0.364 e. The summed E-state index contributed by atoms with van der Waals surface area (Å²) in [5.41, 5.74) is 1.12. The van der Waals surface area contributed by atoms with E-state index in [0.717, 1.165) is 22.3 Å². The molecule has 2 bridgehead atoms. The van der Waals surface area contributed by atoms with Crippen LogP contribution in [0.3, 0.4) is 0 Å². The largest absolute Gasteiger partial charge is 0.364 e. The second-order valence-corrected chi connectivity index (χ2v) is 6.46. The van der Waals surface area contributed by atoms with Gasteiger partial charge in [0.1, 0.15) is 0 Å². The average Bonchev–Trinajstić information content (AvgIpc) is 2.64. The Morgan fingerprint density at radius 1 is 1.21 bits per heavy atom. The maximum absolute atomic E-state index is 6.37. The molecule has 0 aromatic heterocycles. The first kappa shape index (κ1) is 13.5. The van der Waals surface area contributed by atoms with E-state index < -0.39 is 0 Å². The van der Waals surface area contributed by atoms with E-state index in [-0.39, 0.29) is 0 Å². The smallest absolute Gasteiger partial charge is 0.0640 e. The standard InChI is InChI=1S/C15H20Cl2N2/c1-2-18-11-8-12-4-5-13(9-11)19(12)15-7-10(16)3-6-14(15)17/h3,6-7,11-13,18H,2,4-5,8-9H2,1H3. The molecule has 0 radical (unpaired) electrons. The van der Waals surface area contributed by atoms with Gasteiger partial charge in [-0.15, -0.1) is 0 Å². The molecule has 2 nitrogen and oxygen atoms in total. The Morgan fingerprint density at radius 2 is 1.89 bits per heavy atom. The zero-order chi connectivity index (χ0) is 13.4. The van der Waals surface area contributed by atoms with Crippen LogP contribution < -0.4 is 10.2 Å². The van der Waals surface area contributed by atoms with Crippen molar-refractivity contribution in [3.05, 3.63) is 28.2 Å². The summed E-state index contributed by atoms with van der Waals surface area (Å²) in [4.78, 5) is 2.52. The third kappa shape index (κ3) is 2.58. The van der Waals surface area contributed by atoms with Crippen LogP contribution in [0, 0.1) is 0 Å². The fourth-order valence-electron chi connectivity index (χ4n) is 3.71. The van der Waals surface area contributed by atoms with Gasteiger partial charge in [0.05, 0.1) is 10.7 Å². The highest BCUT2D eigenvalue weighted by Crippen LogP contribution is 2.42. The Kier molecular flexibility index (Phi) is 3.93. The van der Waals surface area contributed by atoms with Crippen molar-refractivity contribution in [3.63, 3.8) is 0 Å². The lowest BCUT2D eigenvalue weighted by atomic mass is 9.96. The van der Waals surface area contributed by atoms with Crippen LogP contribution in [0.1, 0.15) is 32.6 Å². The summed E-state index contributed by atoms with van der Waals surface area (Å²) < 4.78 is 0. The summed E-state index contributed by atoms with van der Waals surface area (Å²) >= 11 is 12.5. The van der Waals surface area contributed by atoms with Crippen molar-refractivity contribution in [1.82, 2.24) is 5.32 Å². The molecule has 2 fully saturated rings. The minimum atomic E-state index is 0.610. The lowest BCUT2D eigenvalue weighted by Gasteiger charge is -2.41. The molecule has 1 aromatic rings. The zero-order valence-corrected chi connectivity index (χ0v) is 12.7. The molecule has 2 unspecified atom stereocenters. The predicted octanol–water partition coefficient (Wildman–Crippen LogP) is 4.10. The van der Waals surface area contributed by atoms with Crippen molar-refractivity contribution in [2.45, 2.75) is 50.7 Å². The van der Waals surface area contributed by atoms with Gasteiger partial charge >= 0.3 is 0 Å². The Bertz CT molecular complexity index is 449. The van der Waals surface area contributed by atoms with Gasteiger partial charge in [0.25, 0.3) is 0 Å². The van der Waals surface area contributed by atoms with Gasteiger partial charge in [-0.3, -0.25) is 0 Å². The number of nitrogens with one attached hydrogen (secondary N) is 1. The number of fused-ring (bicyclic) bond motifs is 2. The van der Waals surface area contributed by atoms with Crippen LogP contribution in [0.4, 0.5) is 5.69 Å². The molecule has 19 heavy (non-hydrogen) atoms. The number of anilines is 1. The highest BCUT2D eigenvalue weighted by atomic mass is 35.5. The number of nitrogens with zero attached hydrogens (tertiary/aromatic N) is 1. The first-order valence-corrected chi connectivity index (χ1v) is 7.91. The molecule has 0 aliphatic carbocycles. The van der Waals surface area contributed by atoms with Crippen molar-refractivity contribution < 1.29 is 0 Å². The van der Waals surface area contributed by atoms with Crippen molar-refractivity contribution in [3.8, 4) is 0 Å². The van der Waals surface area contributed by atoms with Crippen LogP contribution in [0.15, 0.2) is 18.2 Å². The lowest BCUT2D eigenvalue weighted by Crippen LogP contribution is -2.49. The first-order valence-electron chi connectivity index (χ1n) is 7.15. The fourth-order valence-corrected chi connectivity index (χ4v) is 4.09. The number of hydrogen-bond donors (Lipinski definition) is 1. The van der Waals surface area contributed by atoms with E-state index in [1.807, 2.05) is 18.2 Å². The molecule has 0 spiro atoms. The molecule has 2 aliphatic heterocycles. The topological polar surface area (TPSA) is 15.3 Å². The Morgan fingerprint density at radius 3 is 2.53 bits per heavy atom. The molecule has 3 rings (SSSR count). The second kappa shape index (κ2) is 5.51. The van der Waals surface area contributed by atoms with Crippen LogP contribution in [-0.2, 0) is 0 Å². The predicted molar refractivity (Wildman–Crippen MR) is 82.4 cm³/mol. The normalized spacial score (nSPS) is 29.8. The van der Waals surface area contributed by atoms with Gasteiger partial charge < -0.3 is 10.2 Å². The van der Waals surface area contributed by atoms with Gasteiger partial charge in [-0.2, -0.15) is 0 Å². The third-order valence-corrected chi connectivity index (χ3v) is 4.97. The number of hydrogen-bond acceptors (Lipinski definition) is 2. The molecule has 2 heterocycles. The van der Waals surface area contributed by atoms with Gasteiger partial charge in [-0.25, -0.2) is 0 Å². The van der Waals surface area contributed by atoms with Crippen LogP contribution >= 0.6 is 23.2 Å². The first-order chi connectivity index (χ1) is 9.19. The summed E-state index contributed by atoms with van der Waals surface area (Å²) in [5.74, 6) is 0. The van der Waals surface area contributed by atoms with E-state index in [0.29, 0.717) is 18.1 Å². The molecule has 2 atom stereocenters. The SMILES string of the molecule is CCNC1CC2CCC(C1)N2c1cc(Cl)ccc1Cl. The van der Waals surface area contributed by atoms with Crippen LogP contribution in [0.2, 0.25) is 10.0 Å². The van der Waals surface area contributed by atoms with Gasteiger partial charge in [0, 0.05) is 23.1 Å². The summed E-state index contributed by atoms with van der Waals surface area (Å²) in [6.07, 6.45) is 4.98. The van der Waals surface area contributed by atoms with Crippen LogP contribution in [0.5, 0.6) is 0 Å². The summed E-state index contributed by atoms with van der Waals surface area (Å²) in [6, 6.07) is 7.67. The summed E-state index contributed by atoms with van der Waals surface area (Å²) in [6.45, 7) is 3.24. The van der Waals surface area contributed by atoms with Gasteiger partial charge in [0.2, 0.25) is 0 Å². The van der Waals surface area contributed by atoms with E-state index in [9.17, 15) is 0 Å². The zero-order valence-electron chi connectivity index (χ0n) is 11.2. The molecule has 1 N–H and O–H groups in total. The van der Waals surface area contributed by atoms with Crippen molar-refractivity contribution in [2.75, 3.05) is 11.4 Å². The van der Waals surface area contributed by atoms with E-state index in [2.05, 4.69) is 17.1 Å². The van der Waals surface area contributed by atoms with Gasteiger partial charge in [0.15, 0.2) is 0 Å². The summed E-state index contributed by atoms with van der Waals surface area (Å²) in [7, 11) is 0. The van der Waals surface area contributed by atoms with Crippen LogP contribution in [0.25, 0.3) is 0 Å². The number of halogens is 2. The molecule has 0 saturated carbocycles. The number of benzene rings is 1.